The lowest BCUT2D eigenvalue weighted by atomic mass is 10.1. The summed E-state index contributed by atoms with van der Waals surface area (Å²) in [5.74, 6) is -0.512. The Kier molecular flexibility index (Phi) is 5.73. The Balaban J connectivity index is 3.17. The highest BCUT2D eigenvalue weighted by atomic mass is 31.2. The Morgan fingerprint density at radius 3 is 2.38 bits per heavy atom. The lowest BCUT2D eigenvalue weighted by Gasteiger charge is -2.14. The number of carbonyl (C=O) groups excluding carboxylic acids is 2. The van der Waals surface area contributed by atoms with Crippen LogP contribution in [0.5, 0.6) is 0 Å². The number of carbonyl (C=O) groups is 2. The van der Waals surface area contributed by atoms with Gasteiger partial charge in [0, 0.05) is 11.7 Å². The highest BCUT2D eigenvalue weighted by Gasteiger charge is 2.19. The van der Waals surface area contributed by atoms with Crippen molar-refractivity contribution in [2.75, 3.05) is 25.8 Å². The van der Waals surface area contributed by atoms with Crippen molar-refractivity contribution >= 4 is 30.0 Å². The largest absolute Gasteiger partial charge is 0.465 e. The van der Waals surface area contributed by atoms with E-state index in [9.17, 15) is 14.2 Å². The summed E-state index contributed by atoms with van der Waals surface area (Å²) in [5.41, 5.74) is 0.598. The molecule has 0 radical (unpaired) electrons. The van der Waals surface area contributed by atoms with Gasteiger partial charge in [0.05, 0.1) is 18.4 Å². The van der Waals surface area contributed by atoms with E-state index in [1.54, 1.807) is 25.5 Å². The van der Waals surface area contributed by atoms with Crippen LogP contribution in [0.15, 0.2) is 18.2 Å². The second kappa shape index (κ2) is 6.90. The molecule has 0 spiro atoms. The zero-order valence-corrected chi connectivity index (χ0v) is 14.0. The van der Waals surface area contributed by atoms with Crippen LogP contribution in [0.3, 0.4) is 0 Å². The lowest BCUT2D eigenvalue weighted by Crippen LogP contribution is -2.18. The van der Waals surface area contributed by atoms with Gasteiger partial charge in [0.15, 0.2) is 0 Å². The van der Waals surface area contributed by atoms with Crippen LogP contribution in [-0.4, -0.2) is 32.3 Å². The monoisotopic (exact) mass is 311 g/mol. The maximum absolute atomic E-state index is 12.1. The predicted molar refractivity (Wildman–Crippen MR) is 85.0 cm³/mol. The first kappa shape index (κ1) is 17.4. The first-order valence-corrected chi connectivity index (χ1v) is 9.33. The van der Waals surface area contributed by atoms with Crippen LogP contribution in [0.4, 0.5) is 5.69 Å². The van der Waals surface area contributed by atoms with E-state index in [-0.39, 0.29) is 17.4 Å². The number of anilines is 1. The summed E-state index contributed by atoms with van der Waals surface area (Å²) in [6.45, 7) is 7.13. The van der Waals surface area contributed by atoms with Gasteiger partial charge in [0.1, 0.15) is 7.14 Å². The minimum atomic E-state index is -2.49. The molecule has 0 saturated carbocycles. The fourth-order valence-electron chi connectivity index (χ4n) is 1.83. The molecular weight excluding hydrogens is 289 g/mol. The molecule has 5 nitrogen and oxygen atoms in total. The third-order valence-corrected chi connectivity index (χ3v) is 4.42. The summed E-state index contributed by atoms with van der Waals surface area (Å²) in [4.78, 5) is 23.7. The number of hydrogen-bond acceptors (Lipinski definition) is 4. The van der Waals surface area contributed by atoms with Crippen molar-refractivity contribution in [2.45, 2.75) is 20.3 Å². The van der Waals surface area contributed by atoms with Crippen molar-refractivity contribution in [2.24, 2.45) is 5.92 Å². The van der Waals surface area contributed by atoms with E-state index in [0.29, 0.717) is 17.4 Å². The van der Waals surface area contributed by atoms with Gasteiger partial charge in [-0.25, -0.2) is 4.79 Å². The van der Waals surface area contributed by atoms with Crippen LogP contribution in [0.1, 0.15) is 30.6 Å². The first-order valence-electron chi connectivity index (χ1n) is 6.73. The van der Waals surface area contributed by atoms with E-state index in [1.807, 2.05) is 13.8 Å². The van der Waals surface area contributed by atoms with Gasteiger partial charge >= 0.3 is 5.97 Å². The smallest absolute Gasteiger partial charge is 0.339 e. The van der Waals surface area contributed by atoms with E-state index in [0.717, 1.165) is 0 Å². The fourth-order valence-corrected chi connectivity index (χ4v) is 2.70. The molecule has 0 aliphatic carbocycles. The topological polar surface area (TPSA) is 72.5 Å². The van der Waals surface area contributed by atoms with E-state index in [2.05, 4.69) is 5.32 Å². The maximum Gasteiger partial charge on any atom is 0.339 e. The first-order chi connectivity index (χ1) is 9.65. The normalized spacial score (nSPS) is 11.3. The Bertz CT molecular complexity index is 589. The van der Waals surface area contributed by atoms with Crippen LogP contribution in [0.2, 0.25) is 0 Å². The average Bonchev–Trinajstić information content (AvgIpc) is 2.35. The molecule has 1 rings (SSSR count). The molecule has 116 valence electrons. The molecule has 1 amide bonds. The second-order valence-corrected chi connectivity index (χ2v) is 8.94. The average molecular weight is 311 g/mol. The summed E-state index contributed by atoms with van der Waals surface area (Å²) in [6, 6.07) is 4.79. The summed E-state index contributed by atoms with van der Waals surface area (Å²) in [6.07, 6.45) is 0.364. The van der Waals surface area contributed by atoms with Crippen molar-refractivity contribution in [3.63, 3.8) is 0 Å². The molecule has 0 bridgehead atoms. The third-order valence-electron chi connectivity index (χ3n) is 2.90. The Hall–Kier alpha value is -1.61. The highest BCUT2D eigenvalue weighted by Crippen LogP contribution is 2.35. The second-order valence-electron chi connectivity index (χ2n) is 5.72. The van der Waals surface area contributed by atoms with Gasteiger partial charge in [-0.05, 0) is 37.4 Å². The number of hydrogen-bond donors (Lipinski definition) is 1. The van der Waals surface area contributed by atoms with Crippen molar-refractivity contribution in [3.8, 4) is 0 Å². The zero-order chi connectivity index (χ0) is 16.2. The molecule has 0 atom stereocenters. The van der Waals surface area contributed by atoms with Gasteiger partial charge in [-0.1, -0.05) is 13.8 Å². The molecule has 1 aromatic carbocycles. The van der Waals surface area contributed by atoms with E-state index in [4.69, 9.17) is 4.74 Å². The van der Waals surface area contributed by atoms with Crippen LogP contribution in [0, 0.1) is 5.92 Å². The molecule has 0 fully saturated rings. The number of ether oxygens (including phenoxy) is 1. The highest BCUT2D eigenvalue weighted by molar-refractivity contribution is 7.70. The van der Waals surface area contributed by atoms with E-state index >= 15 is 0 Å². The van der Waals surface area contributed by atoms with Crippen LogP contribution in [0.25, 0.3) is 0 Å². The number of methoxy groups -OCH3 is 1. The molecule has 0 unspecified atom stereocenters. The van der Waals surface area contributed by atoms with Gasteiger partial charge in [0.25, 0.3) is 0 Å². The molecule has 21 heavy (non-hydrogen) atoms. The van der Waals surface area contributed by atoms with E-state index in [1.165, 1.54) is 13.2 Å². The van der Waals surface area contributed by atoms with Gasteiger partial charge in [-0.15, -0.1) is 0 Å². The number of benzene rings is 1. The molecule has 1 N–H and O–H groups in total. The SMILES string of the molecule is COC(=O)c1cc(P(C)(C)=O)ccc1NC(=O)CC(C)C. The number of rotatable bonds is 5. The Labute approximate surface area is 125 Å². The number of esters is 1. The minimum Gasteiger partial charge on any atom is -0.465 e. The molecule has 6 heteroatoms. The van der Waals surface area contributed by atoms with Gasteiger partial charge < -0.3 is 14.6 Å². The molecule has 0 aliphatic rings. The zero-order valence-electron chi connectivity index (χ0n) is 13.1. The standard InChI is InChI=1S/C15H22NO4P/c1-10(2)8-14(17)16-13-7-6-11(21(4,5)19)9-12(13)15(18)20-3/h6-7,9-10H,8H2,1-5H3,(H,16,17). The third kappa shape index (κ3) is 5.01. The Morgan fingerprint density at radius 1 is 1.29 bits per heavy atom. The van der Waals surface area contributed by atoms with Gasteiger partial charge in [-0.2, -0.15) is 0 Å². The van der Waals surface area contributed by atoms with E-state index < -0.39 is 13.1 Å². The molecule has 1 aromatic rings. The molecule has 0 saturated heterocycles. The van der Waals surface area contributed by atoms with Gasteiger partial charge in [-0.3, -0.25) is 4.79 Å². The summed E-state index contributed by atoms with van der Waals surface area (Å²) >= 11 is 0. The summed E-state index contributed by atoms with van der Waals surface area (Å²) in [5, 5.41) is 3.28. The summed E-state index contributed by atoms with van der Waals surface area (Å²) in [7, 11) is -1.22. The molecule has 0 aliphatic heterocycles. The minimum absolute atomic E-state index is 0.168. The number of amides is 1. The van der Waals surface area contributed by atoms with Crippen molar-refractivity contribution in [1.82, 2.24) is 0 Å². The summed E-state index contributed by atoms with van der Waals surface area (Å²) < 4.78 is 16.8. The maximum atomic E-state index is 12.1. The number of nitrogens with one attached hydrogen (secondary N) is 1. The van der Waals surface area contributed by atoms with Crippen molar-refractivity contribution < 1.29 is 18.9 Å². The molecular formula is C15H22NO4P. The van der Waals surface area contributed by atoms with Crippen LogP contribution in [-0.2, 0) is 14.1 Å². The quantitative estimate of drug-likeness (QED) is 0.670. The van der Waals surface area contributed by atoms with Crippen LogP contribution < -0.4 is 10.6 Å². The Morgan fingerprint density at radius 2 is 1.90 bits per heavy atom. The molecule has 0 heterocycles. The molecule has 0 aromatic heterocycles. The fraction of sp³-hybridized carbons (Fsp3) is 0.467. The predicted octanol–water partition coefficient (Wildman–Crippen LogP) is 2.71. The van der Waals surface area contributed by atoms with Crippen LogP contribution >= 0.6 is 7.14 Å². The van der Waals surface area contributed by atoms with Gasteiger partial charge in [0.2, 0.25) is 5.91 Å². The lowest BCUT2D eigenvalue weighted by molar-refractivity contribution is -0.116. The van der Waals surface area contributed by atoms with Crippen molar-refractivity contribution in [3.05, 3.63) is 23.8 Å². The van der Waals surface area contributed by atoms with Crippen molar-refractivity contribution in [1.29, 1.82) is 0 Å².